The maximum absolute atomic E-state index is 12.8. The Balaban J connectivity index is 3.28. The van der Waals surface area contributed by atoms with E-state index in [1.54, 1.807) is 28.7 Å². The molecule has 1 rings (SSSR count). The van der Waals surface area contributed by atoms with Gasteiger partial charge in [-0.2, -0.15) is 5.26 Å². The molecule has 0 fully saturated rings. The Hall–Kier alpha value is -1.30. The highest BCUT2D eigenvalue weighted by molar-refractivity contribution is 14.1. The van der Waals surface area contributed by atoms with Gasteiger partial charge in [-0.1, -0.05) is 0 Å². The monoisotopic (exact) mass is 352 g/mol. The summed E-state index contributed by atoms with van der Waals surface area (Å²) in [5.74, 6) is -0.676. The molecule has 0 amide bonds. The van der Waals surface area contributed by atoms with E-state index in [-0.39, 0.29) is 26.9 Å². The molecule has 0 radical (unpaired) electrons. The largest absolute Gasteiger partial charge is 0.469 e. The second kappa shape index (κ2) is 5.86. The molecule has 90 valence electrons. The third-order valence-electron chi connectivity index (χ3n) is 1.96. The first-order chi connectivity index (χ1) is 7.99. The van der Waals surface area contributed by atoms with Crippen molar-refractivity contribution in [1.82, 2.24) is 4.98 Å². The number of nitrogens with zero attached hydrogens (tertiary/aromatic N) is 2. The molecule has 0 unspecified atom stereocenters. The van der Waals surface area contributed by atoms with Crippen molar-refractivity contribution < 1.29 is 18.3 Å². The molecule has 0 aliphatic rings. The number of pyridine rings is 1. The number of halogens is 3. The quantitative estimate of drug-likeness (QED) is 0.618. The number of esters is 1. The third kappa shape index (κ3) is 3.33. The number of carbonyl (C=O) groups excluding carboxylic acids is 1. The molecule has 0 atom stereocenters. The lowest BCUT2D eigenvalue weighted by atomic mass is 10.1. The molecule has 0 bridgehead atoms. The third-order valence-corrected chi connectivity index (χ3v) is 2.85. The van der Waals surface area contributed by atoms with Crippen molar-refractivity contribution in [3.05, 3.63) is 26.6 Å². The van der Waals surface area contributed by atoms with Gasteiger partial charge < -0.3 is 4.74 Å². The van der Waals surface area contributed by atoms with Crippen LogP contribution in [0, 0.1) is 14.9 Å². The van der Waals surface area contributed by atoms with E-state index in [0.717, 1.165) is 7.11 Å². The molecule has 1 aromatic rings. The number of hydrogen-bond donors (Lipinski definition) is 0. The van der Waals surface area contributed by atoms with Gasteiger partial charge >= 0.3 is 5.97 Å². The molecule has 1 aromatic heterocycles. The van der Waals surface area contributed by atoms with Crippen LogP contribution < -0.4 is 0 Å². The van der Waals surface area contributed by atoms with Crippen molar-refractivity contribution >= 4 is 28.6 Å². The van der Waals surface area contributed by atoms with Crippen LogP contribution in [0.5, 0.6) is 0 Å². The first-order valence-corrected chi connectivity index (χ1v) is 5.51. The van der Waals surface area contributed by atoms with Crippen LogP contribution in [-0.2, 0) is 16.0 Å². The molecular weight excluding hydrogens is 345 g/mol. The van der Waals surface area contributed by atoms with Crippen LogP contribution in [0.2, 0.25) is 0 Å². The Labute approximate surface area is 110 Å². The molecular formula is C10H7F2IN2O2. The zero-order chi connectivity index (χ0) is 13.0. The van der Waals surface area contributed by atoms with E-state index in [4.69, 9.17) is 5.26 Å². The minimum absolute atomic E-state index is 0.00213. The Morgan fingerprint density at radius 3 is 2.82 bits per heavy atom. The minimum Gasteiger partial charge on any atom is -0.469 e. The van der Waals surface area contributed by atoms with Crippen molar-refractivity contribution in [1.29, 1.82) is 5.26 Å². The predicted octanol–water partition coefficient (Wildman–Crippen LogP) is 2.21. The molecule has 0 aliphatic heterocycles. The number of alkyl halides is 2. The summed E-state index contributed by atoms with van der Waals surface area (Å²) >= 11 is 1.69. The summed E-state index contributed by atoms with van der Waals surface area (Å²) in [7, 11) is 1.16. The predicted molar refractivity (Wildman–Crippen MR) is 62.3 cm³/mol. The number of nitriles is 1. The average molecular weight is 352 g/mol. The van der Waals surface area contributed by atoms with Gasteiger partial charge in [-0.25, -0.2) is 13.8 Å². The zero-order valence-electron chi connectivity index (χ0n) is 8.71. The summed E-state index contributed by atoms with van der Waals surface area (Å²) in [6.07, 6.45) is -3.12. The molecule has 0 aromatic carbocycles. The van der Waals surface area contributed by atoms with Gasteiger partial charge in [-0.05, 0) is 28.7 Å². The Kier molecular flexibility index (Phi) is 4.74. The lowest BCUT2D eigenvalue weighted by Gasteiger charge is -2.09. The van der Waals surface area contributed by atoms with E-state index < -0.39 is 12.4 Å². The average Bonchev–Trinajstić information content (AvgIpc) is 2.27. The van der Waals surface area contributed by atoms with Crippen molar-refractivity contribution in [2.75, 3.05) is 7.11 Å². The summed E-state index contributed by atoms with van der Waals surface area (Å²) < 4.78 is 30.2. The van der Waals surface area contributed by atoms with Gasteiger partial charge in [0.25, 0.3) is 6.43 Å². The van der Waals surface area contributed by atoms with Crippen molar-refractivity contribution in [3.63, 3.8) is 0 Å². The smallest absolute Gasteiger partial charge is 0.311 e. The maximum Gasteiger partial charge on any atom is 0.311 e. The van der Waals surface area contributed by atoms with E-state index in [0.29, 0.717) is 0 Å². The van der Waals surface area contributed by atoms with Crippen molar-refractivity contribution in [2.45, 2.75) is 12.8 Å². The molecule has 1 heterocycles. The molecule has 17 heavy (non-hydrogen) atoms. The second-order valence-electron chi connectivity index (χ2n) is 3.02. The topological polar surface area (TPSA) is 63.0 Å². The molecule has 4 nitrogen and oxygen atoms in total. The fraction of sp³-hybridized carbons (Fsp3) is 0.300. The molecule has 0 N–H and O–H groups in total. The Morgan fingerprint density at radius 2 is 2.35 bits per heavy atom. The van der Waals surface area contributed by atoms with Crippen LogP contribution in [0.25, 0.3) is 0 Å². The highest BCUT2D eigenvalue weighted by atomic mass is 127. The summed E-state index contributed by atoms with van der Waals surface area (Å²) in [5.41, 5.74) is -0.442. The SMILES string of the molecule is COC(=O)Cc1nc(C#N)cc(I)c1C(F)F. The highest BCUT2D eigenvalue weighted by Crippen LogP contribution is 2.28. The van der Waals surface area contributed by atoms with Gasteiger partial charge in [0.15, 0.2) is 0 Å². The van der Waals surface area contributed by atoms with Gasteiger partial charge in [0.2, 0.25) is 0 Å². The first kappa shape index (κ1) is 13.8. The summed E-state index contributed by atoms with van der Waals surface area (Å²) in [4.78, 5) is 14.8. The Bertz CT molecular complexity index is 486. The summed E-state index contributed by atoms with van der Waals surface area (Å²) in [6, 6.07) is 3.01. The lowest BCUT2D eigenvalue weighted by Crippen LogP contribution is -2.11. The van der Waals surface area contributed by atoms with Crippen LogP contribution >= 0.6 is 22.6 Å². The van der Waals surface area contributed by atoms with E-state index in [9.17, 15) is 13.6 Å². The van der Waals surface area contributed by atoms with Crippen molar-refractivity contribution in [3.8, 4) is 6.07 Å². The zero-order valence-corrected chi connectivity index (χ0v) is 10.9. The standard InChI is InChI=1S/C10H7F2IN2O2/c1-17-8(16)3-7-9(10(11)12)6(13)2-5(4-14)15-7/h2,10H,3H2,1H3. The number of rotatable bonds is 3. The fourth-order valence-corrected chi connectivity index (χ4v) is 2.05. The number of methoxy groups -OCH3 is 1. The van der Waals surface area contributed by atoms with Gasteiger partial charge in [0.05, 0.1) is 24.8 Å². The van der Waals surface area contributed by atoms with Crippen LogP contribution in [0.1, 0.15) is 23.4 Å². The van der Waals surface area contributed by atoms with Crippen LogP contribution in [0.3, 0.4) is 0 Å². The number of carbonyl (C=O) groups is 1. The normalized spacial score (nSPS) is 10.1. The van der Waals surface area contributed by atoms with E-state index in [2.05, 4.69) is 9.72 Å². The Morgan fingerprint density at radius 1 is 1.71 bits per heavy atom. The summed E-state index contributed by atoms with van der Waals surface area (Å²) in [5, 5.41) is 8.69. The fourth-order valence-electron chi connectivity index (χ4n) is 1.20. The number of ether oxygens (including phenoxy) is 1. The molecule has 0 spiro atoms. The molecule has 0 saturated carbocycles. The minimum atomic E-state index is -2.75. The van der Waals surface area contributed by atoms with Gasteiger partial charge in [0.1, 0.15) is 11.8 Å². The molecule has 0 saturated heterocycles. The summed E-state index contributed by atoms with van der Waals surface area (Å²) in [6.45, 7) is 0. The molecule has 7 heteroatoms. The van der Waals surface area contributed by atoms with Crippen LogP contribution in [0.15, 0.2) is 6.07 Å². The van der Waals surface area contributed by atoms with E-state index >= 15 is 0 Å². The van der Waals surface area contributed by atoms with Gasteiger partial charge in [-0.3, -0.25) is 4.79 Å². The molecule has 0 aliphatic carbocycles. The van der Waals surface area contributed by atoms with Crippen LogP contribution in [-0.4, -0.2) is 18.1 Å². The highest BCUT2D eigenvalue weighted by Gasteiger charge is 2.21. The van der Waals surface area contributed by atoms with E-state index in [1.165, 1.54) is 6.07 Å². The lowest BCUT2D eigenvalue weighted by molar-refractivity contribution is -0.139. The van der Waals surface area contributed by atoms with E-state index in [1.807, 2.05) is 0 Å². The van der Waals surface area contributed by atoms with Crippen LogP contribution in [0.4, 0.5) is 8.78 Å². The first-order valence-electron chi connectivity index (χ1n) is 4.44. The number of aromatic nitrogens is 1. The van der Waals surface area contributed by atoms with Gasteiger partial charge in [0, 0.05) is 3.57 Å². The van der Waals surface area contributed by atoms with Crippen molar-refractivity contribution in [2.24, 2.45) is 0 Å². The number of hydrogen-bond acceptors (Lipinski definition) is 4. The van der Waals surface area contributed by atoms with Gasteiger partial charge in [-0.15, -0.1) is 0 Å². The second-order valence-corrected chi connectivity index (χ2v) is 4.18. The maximum atomic E-state index is 12.8.